The molecule has 1 aliphatic carbocycles. The smallest absolute Gasteiger partial charge is 0.115 e. The molecule has 68 valence electrons. The van der Waals surface area contributed by atoms with Crippen LogP contribution in [0.4, 0.5) is 0 Å². The molecule has 3 rings (SSSR count). The number of alkyl halides is 1. The van der Waals surface area contributed by atoms with Crippen LogP contribution in [0.5, 0.6) is 0 Å². The predicted molar refractivity (Wildman–Crippen MR) is 48.8 cm³/mol. The Morgan fingerprint density at radius 2 is 2.17 bits per heavy atom. The van der Waals surface area contributed by atoms with E-state index in [2.05, 4.69) is 12.2 Å². The molecule has 0 saturated carbocycles. The van der Waals surface area contributed by atoms with Crippen molar-refractivity contribution in [3.05, 3.63) is 12.2 Å². The van der Waals surface area contributed by atoms with Gasteiger partial charge in [-0.05, 0) is 26.7 Å². The van der Waals surface area contributed by atoms with Crippen LogP contribution in [0.3, 0.4) is 0 Å². The Bertz CT molecular complexity index is 209. The highest BCUT2D eigenvalue weighted by molar-refractivity contribution is 6.23. The molecule has 1 saturated heterocycles. The highest BCUT2D eigenvalue weighted by Crippen LogP contribution is 2.34. The van der Waals surface area contributed by atoms with Crippen molar-refractivity contribution in [2.75, 3.05) is 0 Å². The average molecular weight is 188 g/mol. The lowest BCUT2D eigenvalue weighted by molar-refractivity contribution is -0.260. The number of rotatable bonds is 1. The third-order valence-electron chi connectivity index (χ3n) is 2.37. The molecule has 2 aliphatic heterocycles. The number of halogens is 1. The van der Waals surface area contributed by atoms with Crippen LogP contribution in [0, 0.1) is 0 Å². The SMILES string of the molecule is CC(C)(Cl)N1O[C@H]2C=C[C@@H]1CC2. The van der Waals surface area contributed by atoms with Crippen molar-refractivity contribution < 1.29 is 4.84 Å². The second-order valence-corrected chi connectivity index (χ2v) is 4.83. The van der Waals surface area contributed by atoms with E-state index < -0.39 is 5.00 Å². The summed E-state index contributed by atoms with van der Waals surface area (Å²) in [5.41, 5.74) is 0. The molecule has 1 fully saturated rings. The fourth-order valence-corrected chi connectivity index (χ4v) is 1.97. The van der Waals surface area contributed by atoms with Crippen molar-refractivity contribution in [1.82, 2.24) is 5.06 Å². The summed E-state index contributed by atoms with van der Waals surface area (Å²) >= 11 is 6.17. The van der Waals surface area contributed by atoms with Crippen LogP contribution < -0.4 is 0 Å². The fourth-order valence-electron chi connectivity index (χ4n) is 1.81. The molecule has 3 aliphatic rings. The van der Waals surface area contributed by atoms with Gasteiger partial charge in [-0.3, -0.25) is 4.84 Å². The average Bonchev–Trinajstić information content (AvgIpc) is 2.05. The van der Waals surface area contributed by atoms with Crippen molar-refractivity contribution in [3.8, 4) is 0 Å². The van der Waals surface area contributed by atoms with Gasteiger partial charge in [0.1, 0.15) is 5.00 Å². The fraction of sp³-hybridized carbons (Fsp3) is 0.778. The molecule has 3 heteroatoms. The molecule has 2 heterocycles. The Morgan fingerprint density at radius 1 is 1.42 bits per heavy atom. The number of hydroxylamine groups is 2. The molecule has 0 unspecified atom stereocenters. The summed E-state index contributed by atoms with van der Waals surface area (Å²) in [6.45, 7) is 3.92. The van der Waals surface area contributed by atoms with Gasteiger partial charge >= 0.3 is 0 Å². The molecule has 2 nitrogen and oxygen atoms in total. The molecule has 12 heavy (non-hydrogen) atoms. The molecule has 2 atom stereocenters. The largest absolute Gasteiger partial charge is 0.289 e. The first-order valence-electron chi connectivity index (χ1n) is 4.41. The van der Waals surface area contributed by atoms with Gasteiger partial charge in [-0.2, -0.15) is 5.06 Å². The zero-order valence-electron chi connectivity index (χ0n) is 7.46. The van der Waals surface area contributed by atoms with Gasteiger partial charge in [-0.15, -0.1) is 11.6 Å². The quantitative estimate of drug-likeness (QED) is 0.355. The maximum Gasteiger partial charge on any atom is 0.115 e. The van der Waals surface area contributed by atoms with Gasteiger partial charge in [0.15, 0.2) is 0 Å². The van der Waals surface area contributed by atoms with E-state index in [9.17, 15) is 0 Å². The van der Waals surface area contributed by atoms with Gasteiger partial charge in [-0.25, -0.2) is 0 Å². The van der Waals surface area contributed by atoms with E-state index in [0.29, 0.717) is 6.04 Å². The van der Waals surface area contributed by atoms with Crippen molar-refractivity contribution in [3.63, 3.8) is 0 Å². The van der Waals surface area contributed by atoms with Crippen LogP contribution >= 0.6 is 11.6 Å². The summed E-state index contributed by atoms with van der Waals surface area (Å²) in [6, 6.07) is 0.377. The zero-order valence-corrected chi connectivity index (χ0v) is 8.21. The first-order valence-corrected chi connectivity index (χ1v) is 4.78. The molecule has 0 spiro atoms. The lowest BCUT2D eigenvalue weighted by Gasteiger charge is -2.45. The number of nitrogens with zero attached hydrogens (tertiary/aromatic N) is 1. The summed E-state index contributed by atoms with van der Waals surface area (Å²) in [7, 11) is 0. The lowest BCUT2D eigenvalue weighted by atomic mass is 9.97. The minimum absolute atomic E-state index is 0.257. The second kappa shape index (κ2) is 2.72. The molecule has 2 bridgehead atoms. The Morgan fingerprint density at radius 3 is 2.42 bits per heavy atom. The molecular formula is C9H14ClNO. The van der Waals surface area contributed by atoms with Crippen LogP contribution in [-0.2, 0) is 4.84 Å². The van der Waals surface area contributed by atoms with Crippen LogP contribution in [0.2, 0.25) is 0 Å². The van der Waals surface area contributed by atoms with Crippen molar-refractivity contribution in [1.29, 1.82) is 0 Å². The molecule has 0 amide bonds. The van der Waals surface area contributed by atoms with Crippen LogP contribution in [0.25, 0.3) is 0 Å². The van der Waals surface area contributed by atoms with Gasteiger partial charge in [0, 0.05) is 0 Å². The van der Waals surface area contributed by atoms with E-state index in [4.69, 9.17) is 16.4 Å². The minimum Gasteiger partial charge on any atom is -0.289 e. The Labute approximate surface area is 78.1 Å². The van der Waals surface area contributed by atoms with Crippen molar-refractivity contribution in [2.24, 2.45) is 0 Å². The predicted octanol–water partition coefficient (Wildman–Crippen LogP) is 2.30. The van der Waals surface area contributed by atoms with E-state index in [-0.39, 0.29) is 6.10 Å². The Balaban J connectivity index is 2.16. The summed E-state index contributed by atoms with van der Waals surface area (Å²) in [5, 5.41) is 1.91. The van der Waals surface area contributed by atoms with Gasteiger partial charge in [0.25, 0.3) is 0 Å². The normalized spacial score (nSPS) is 35.9. The molecule has 0 aromatic heterocycles. The summed E-state index contributed by atoms with van der Waals surface area (Å²) < 4.78 is 0. The molecule has 0 N–H and O–H groups in total. The Hall–Kier alpha value is -0.0500. The molecular weight excluding hydrogens is 174 g/mol. The zero-order chi connectivity index (χ0) is 8.77. The van der Waals surface area contributed by atoms with Crippen molar-refractivity contribution >= 4 is 11.6 Å². The highest BCUT2D eigenvalue weighted by atomic mass is 35.5. The topological polar surface area (TPSA) is 12.5 Å². The third kappa shape index (κ3) is 1.39. The highest BCUT2D eigenvalue weighted by Gasteiger charge is 2.38. The van der Waals surface area contributed by atoms with Crippen LogP contribution in [-0.4, -0.2) is 22.2 Å². The molecule has 0 radical (unpaired) electrons. The number of hydrogen-bond acceptors (Lipinski definition) is 2. The second-order valence-electron chi connectivity index (χ2n) is 3.91. The lowest BCUT2D eigenvalue weighted by Crippen LogP contribution is -2.53. The number of fused-ring (bicyclic) bond motifs is 2. The maximum atomic E-state index is 6.17. The van der Waals surface area contributed by atoms with Gasteiger partial charge < -0.3 is 0 Å². The third-order valence-corrected chi connectivity index (χ3v) is 2.54. The van der Waals surface area contributed by atoms with Crippen LogP contribution in [0.15, 0.2) is 12.2 Å². The van der Waals surface area contributed by atoms with E-state index in [1.54, 1.807) is 0 Å². The maximum absolute atomic E-state index is 6.17. The van der Waals surface area contributed by atoms with E-state index in [1.807, 2.05) is 18.9 Å². The minimum atomic E-state index is -0.395. The summed E-state index contributed by atoms with van der Waals surface area (Å²) in [6.07, 6.45) is 6.88. The van der Waals surface area contributed by atoms with Gasteiger partial charge in [-0.1, -0.05) is 12.2 Å². The van der Waals surface area contributed by atoms with Crippen LogP contribution in [0.1, 0.15) is 26.7 Å². The first kappa shape index (κ1) is 8.54. The van der Waals surface area contributed by atoms with E-state index >= 15 is 0 Å². The number of hydrogen-bond donors (Lipinski definition) is 0. The van der Waals surface area contributed by atoms with Gasteiger partial charge in [0.2, 0.25) is 0 Å². The first-order chi connectivity index (χ1) is 5.57. The Kier molecular flexibility index (Phi) is 1.94. The van der Waals surface area contributed by atoms with Crippen molar-refractivity contribution in [2.45, 2.75) is 43.8 Å². The van der Waals surface area contributed by atoms with E-state index in [0.717, 1.165) is 12.8 Å². The standard InChI is InChI=1S/C9H14ClNO/c1-9(2,10)11-7-3-5-8(12-11)6-4-7/h3,5,7-8H,4,6H2,1-2H3/t7-,8+/m1/s1. The summed E-state index contributed by atoms with van der Waals surface area (Å²) in [5.74, 6) is 0. The van der Waals surface area contributed by atoms with Gasteiger partial charge in [0.05, 0.1) is 12.1 Å². The molecule has 0 aromatic rings. The molecule has 0 aromatic carbocycles. The van der Waals surface area contributed by atoms with E-state index in [1.165, 1.54) is 0 Å². The summed E-state index contributed by atoms with van der Waals surface area (Å²) in [4.78, 5) is 5.27. The monoisotopic (exact) mass is 187 g/mol.